The maximum Gasteiger partial charge on any atom is 0.320 e. The lowest BCUT2D eigenvalue weighted by atomic mass is 10.1. The van der Waals surface area contributed by atoms with Gasteiger partial charge in [-0.05, 0) is 37.8 Å². The fourth-order valence-corrected chi connectivity index (χ4v) is 4.51. The Labute approximate surface area is 213 Å². The number of benzene rings is 1. The Morgan fingerprint density at radius 1 is 1.28 bits per heavy atom. The maximum atomic E-state index is 12.3. The van der Waals surface area contributed by atoms with E-state index in [2.05, 4.69) is 11.0 Å². The van der Waals surface area contributed by atoms with Gasteiger partial charge in [0.15, 0.2) is 0 Å². The van der Waals surface area contributed by atoms with Crippen LogP contribution in [0.4, 0.5) is 0 Å². The summed E-state index contributed by atoms with van der Waals surface area (Å²) in [6.45, 7) is 0.0944. The average molecular weight is 520 g/mol. The summed E-state index contributed by atoms with van der Waals surface area (Å²) < 4.78 is 22.9. The van der Waals surface area contributed by atoms with Gasteiger partial charge in [-0.15, -0.1) is 6.42 Å². The molecule has 1 aliphatic rings. The van der Waals surface area contributed by atoms with Crippen LogP contribution in [0.2, 0.25) is 0 Å². The number of esters is 1. The van der Waals surface area contributed by atoms with Gasteiger partial charge in [0.2, 0.25) is 6.41 Å². The Hall–Kier alpha value is -2.96. The largest absolute Gasteiger partial charge is 0.461 e. The number of para-hydroxylation sites is 1. The van der Waals surface area contributed by atoms with Crippen molar-refractivity contribution in [2.75, 3.05) is 27.3 Å². The number of hydrogen-bond donors (Lipinski definition) is 2. The standard InChI is InChI=1S/C25H34N3O7P/c1-4-20(28(2)15-14-24(30)26-19-29)16-23(32-3)18-33-36(35-22-12-6-5-7-13-22)27-17-25(31)34-21-10-8-9-11-21/h1,5-7,12-15,19-21,23,27H,8-11,16-18H2,2-3H3,(H,26,29,30)/b15-14-. The highest BCUT2D eigenvalue weighted by atomic mass is 31.2. The highest BCUT2D eigenvalue weighted by Gasteiger charge is 2.23. The van der Waals surface area contributed by atoms with E-state index in [0.717, 1.165) is 25.7 Å². The maximum absolute atomic E-state index is 12.3. The average Bonchev–Trinajstić information content (AvgIpc) is 3.39. The minimum atomic E-state index is -1.69. The molecular formula is C25H34N3O7P. The van der Waals surface area contributed by atoms with E-state index in [-0.39, 0.29) is 25.2 Å². The fraction of sp³-hybridized carbons (Fsp3) is 0.480. The minimum Gasteiger partial charge on any atom is -0.461 e. The third kappa shape index (κ3) is 11.2. The molecule has 1 fully saturated rings. The summed E-state index contributed by atoms with van der Waals surface area (Å²) in [4.78, 5) is 35.8. The zero-order chi connectivity index (χ0) is 26.2. The summed E-state index contributed by atoms with van der Waals surface area (Å²) in [6, 6.07) is 8.73. The van der Waals surface area contributed by atoms with Gasteiger partial charge in [0.25, 0.3) is 5.91 Å². The molecule has 2 amide bonds. The van der Waals surface area contributed by atoms with Crippen molar-refractivity contribution < 1.29 is 32.9 Å². The van der Waals surface area contributed by atoms with Crippen molar-refractivity contribution in [3.8, 4) is 18.1 Å². The molecule has 2 N–H and O–H groups in total. The van der Waals surface area contributed by atoms with Crippen LogP contribution in [0.15, 0.2) is 42.6 Å². The van der Waals surface area contributed by atoms with E-state index in [1.165, 1.54) is 12.3 Å². The molecule has 1 aromatic rings. The molecule has 3 unspecified atom stereocenters. The van der Waals surface area contributed by atoms with Crippen LogP contribution in [0.1, 0.15) is 32.1 Å². The molecule has 10 nitrogen and oxygen atoms in total. The van der Waals surface area contributed by atoms with E-state index >= 15 is 0 Å². The Balaban J connectivity index is 1.92. The fourth-order valence-electron chi connectivity index (χ4n) is 3.42. The van der Waals surface area contributed by atoms with E-state index in [1.807, 2.05) is 23.5 Å². The smallest absolute Gasteiger partial charge is 0.320 e. The molecular weight excluding hydrogens is 485 g/mol. The van der Waals surface area contributed by atoms with Gasteiger partial charge < -0.3 is 23.4 Å². The predicted molar refractivity (Wildman–Crippen MR) is 135 cm³/mol. The van der Waals surface area contributed by atoms with Crippen molar-refractivity contribution >= 4 is 26.8 Å². The number of carbonyl (C=O) groups is 3. The van der Waals surface area contributed by atoms with E-state index in [9.17, 15) is 14.4 Å². The second kappa shape index (κ2) is 16.7. The normalized spacial score (nSPS) is 16.0. The lowest BCUT2D eigenvalue weighted by Gasteiger charge is -2.27. The minimum absolute atomic E-state index is 0.0180. The van der Waals surface area contributed by atoms with E-state index in [0.29, 0.717) is 18.6 Å². The molecule has 2 rings (SSSR count). The van der Waals surface area contributed by atoms with Gasteiger partial charge in [0.1, 0.15) is 18.4 Å². The number of terminal acetylenes is 1. The third-order valence-electron chi connectivity index (χ3n) is 5.43. The first kappa shape index (κ1) is 29.3. The van der Waals surface area contributed by atoms with Crippen molar-refractivity contribution in [3.63, 3.8) is 0 Å². The number of hydrogen-bond acceptors (Lipinski definition) is 9. The van der Waals surface area contributed by atoms with Crippen molar-refractivity contribution in [3.05, 3.63) is 42.6 Å². The van der Waals surface area contributed by atoms with Crippen molar-refractivity contribution in [2.45, 2.75) is 50.4 Å². The second-order valence-electron chi connectivity index (χ2n) is 8.07. The topological polar surface area (TPSA) is 115 Å². The Bertz CT molecular complexity index is 887. The van der Waals surface area contributed by atoms with Gasteiger partial charge in [-0.1, -0.05) is 24.1 Å². The molecule has 0 heterocycles. The molecule has 0 saturated heterocycles. The van der Waals surface area contributed by atoms with Gasteiger partial charge in [-0.3, -0.25) is 19.7 Å². The van der Waals surface area contributed by atoms with Crippen LogP contribution < -0.4 is 14.9 Å². The molecule has 3 atom stereocenters. The van der Waals surface area contributed by atoms with Crippen LogP contribution in [0.25, 0.3) is 0 Å². The molecule has 11 heteroatoms. The van der Waals surface area contributed by atoms with Gasteiger partial charge in [-0.25, -0.2) is 5.09 Å². The Morgan fingerprint density at radius 3 is 2.64 bits per heavy atom. The molecule has 0 radical (unpaired) electrons. The van der Waals surface area contributed by atoms with Crippen molar-refractivity contribution in [1.29, 1.82) is 0 Å². The molecule has 0 aromatic heterocycles. The highest BCUT2D eigenvalue weighted by Crippen LogP contribution is 2.35. The van der Waals surface area contributed by atoms with Crippen LogP contribution in [0.5, 0.6) is 5.75 Å². The predicted octanol–water partition coefficient (Wildman–Crippen LogP) is 2.51. The van der Waals surface area contributed by atoms with Gasteiger partial charge in [0.05, 0.1) is 18.8 Å². The summed E-state index contributed by atoms with van der Waals surface area (Å²) >= 11 is 0. The zero-order valence-corrected chi connectivity index (χ0v) is 21.5. The molecule has 0 bridgehead atoms. The number of carbonyl (C=O) groups excluding carboxylic acids is 3. The molecule has 1 aliphatic carbocycles. The molecule has 0 spiro atoms. The SMILES string of the molecule is C#CC(CC(COP(NCC(=O)OC1CCCC1)Oc1ccccc1)OC)N(C)/C=C\C(=O)NC=O. The first-order valence-electron chi connectivity index (χ1n) is 11.7. The molecule has 1 saturated carbocycles. The molecule has 0 aliphatic heterocycles. The highest BCUT2D eigenvalue weighted by molar-refractivity contribution is 7.45. The first-order valence-corrected chi connectivity index (χ1v) is 12.8. The number of nitrogens with zero attached hydrogens (tertiary/aromatic N) is 1. The first-order chi connectivity index (χ1) is 17.4. The van der Waals surface area contributed by atoms with Crippen molar-refractivity contribution in [1.82, 2.24) is 15.3 Å². The van der Waals surface area contributed by atoms with E-state index in [4.69, 9.17) is 24.9 Å². The summed E-state index contributed by atoms with van der Waals surface area (Å²) in [6.07, 6.45) is 12.6. The quantitative estimate of drug-likeness (QED) is 0.112. The summed E-state index contributed by atoms with van der Waals surface area (Å²) in [5, 5.41) is 5.03. The van der Waals surface area contributed by atoms with Crippen molar-refractivity contribution in [2.24, 2.45) is 0 Å². The number of methoxy groups -OCH3 is 1. The number of rotatable bonds is 16. The van der Waals surface area contributed by atoms with Crippen LogP contribution in [0.3, 0.4) is 0 Å². The summed E-state index contributed by atoms with van der Waals surface area (Å²) in [5.41, 5.74) is 0. The van der Waals surface area contributed by atoms with E-state index in [1.54, 1.807) is 31.2 Å². The number of amides is 2. The lowest BCUT2D eigenvalue weighted by Crippen LogP contribution is -2.33. The van der Waals surface area contributed by atoms with Gasteiger partial charge in [-0.2, -0.15) is 0 Å². The summed E-state index contributed by atoms with van der Waals surface area (Å²) in [5.74, 6) is 2.35. The summed E-state index contributed by atoms with van der Waals surface area (Å²) in [7, 11) is 1.57. The van der Waals surface area contributed by atoms with Crippen LogP contribution in [-0.2, 0) is 28.4 Å². The number of ether oxygens (including phenoxy) is 2. The van der Waals surface area contributed by atoms with E-state index < -0.39 is 26.6 Å². The second-order valence-corrected chi connectivity index (χ2v) is 9.34. The Morgan fingerprint density at radius 2 is 2.00 bits per heavy atom. The third-order valence-corrected chi connectivity index (χ3v) is 6.60. The van der Waals surface area contributed by atoms with Crippen LogP contribution >= 0.6 is 8.53 Å². The monoisotopic (exact) mass is 519 g/mol. The van der Waals surface area contributed by atoms with Gasteiger partial charge >= 0.3 is 14.5 Å². The van der Waals surface area contributed by atoms with Gasteiger partial charge in [0, 0.05) is 32.9 Å². The molecule has 36 heavy (non-hydrogen) atoms. The number of imide groups is 1. The molecule has 196 valence electrons. The van der Waals surface area contributed by atoms with Crippen LogP contribution in [0, 0.1) is 12.3 Å². The molecule has 1 aromatic carbocycles. The lowest BCUT2D eigenvalue weighted by molar-refractivity contribution is -0.147. The number of nitrogens with one attached hydrogen (secondary N) is 2. The zero-order valence-electron chi connectivity index (χ0n) is 20.6. The Kier molecular flexibility index (Phi) is 13.5. The van der Waals surface area contributed by atoms with Crippen LogP contribution in [-0.4, -0.2) is 68.7 Å².